The third-order valence-electron chi connectivity index (χ3n) is 4.66. The second kappa shape index (κ2) is 8.06. The summed E-state index contributed by atoms with van der Waals surface area (Å²) in [4.78, 5) is 25.2. The molecule has 0 spiro atoms. The molecule has 0 radical (unpaired) electrons. The third-order valence-corrected chi connectivity index (χ3v) is 4.90. The van der Waals surface area contributed by atoms with E-state index in [9.17, 15) is 9.90 Å². The van der Waals surface area contributed by atoms with Crippen molar-refractivity contribution in [1.82, 2.24) is 9.97 Å². The largest absolute Gasteiger partial charge is 0.389 e. The molecule has 1 aromatic carbocycles. The summed E-state index contributed by atoms with van der Waals surface area (Å²) in [7, 11) is 1.86. The number of nitrogens with one attached hydrogen (secondary N) is 1. The van der Waals surface area contributed by atoms with Gasteiger partial charge in [-0.15, -0.1) is 0 Å². The number of aromatic nitrogens is 2. The van der Waals surface area contributed by atoms with E-state index in [0.29, 0.717) is 28.9 Å². The Morgan fingerprint density at radius 1 is 1.17 bits per heavy atom. The molecule has 2 amide bonds. The lowest BCUT2D eigenvalue weighted by Crippen LogP contribution is -2.41. The summed E-state index contributed by atoms with van der Waals surface area (Å²) in [5.74, 6) is 0.895. The number of carbonyl (C=O) groups excluding carboxylic acids is 1. The highest BCUT2D eigenvalue weighted by atomic mass is 35.5. The highest BCUT2D eigenvalue weighted by molar-refractivity contribution is 6.30. The molecule has 3 heterocycles. The number of anilines is 3. The zero-order valence-electron chi connectivity index (χ0n) is 15.8. The van der Waals surface area contributed by atoms with Crippen LogP contribution < -0.4 is 15.1 Å². The van der Waals surface area contributed by atoms with Crippen molar-refractivity contribution in [2.24, 2.45) is 0 Å². The fraction of sp³-hybridized carbons (Fsp3) is 0.190. The number of benzene rings is 1. The minimum atomic E-state index is -0.724. The molecule has 29 heavy (non-hydrogen) atoms. The lowest BCUT2D eigenvalue weighted by Gasteiger charge is -2.24. The highest BCUT2D eigenvalue weighted by Crippen LogP contribution is 2.33. The summed E-state index contributed by atoms with van der Waals surface area (Å²) in [5.41, 5.74) is 2.29. The predicted octanol–water partition coefficient (Wildman–Crippen LogP) is 3.65. The topological polar surface area (TPSA) is 81.6 Å². The van der Waals surface area contributed by atoms with Crippen LogP contribution in [0.4, 0.5) is 22.1 Å². The Hall–Kier alpha value is -3.16. The number of likely N-dealkylation sites (N-methyl/N-ethyl adjacent to an activating group) is 1. The van der Waals surface area contributed by atoms with E-state index in [2.05, 4.69) is 10.3 Å². The number of halogens is 1. The molecule has 7 nitrogen and oxygen atoms in total. The molecule has 1 atom stereocenters. The van der Waals surface area contributed by atoms with E-state index in [1.807, 2.05) is 42.3 Å². The molecular formula is C21H20ClN5O2. The van der Waals surface area contributed by atoms with Gasteiger partial charge in [-0.05, 0) is 36.4 Å². The fourth-order valence-corrected chi connectivity index (χ4v) is 3.50. The number of nitrogens with zero attached hydrogens (tertiary/aromatic N) is 4. The summed E-state index contributed by atoms with van der Waals surface area (Å²) in [5, 5.41) is 13.8. The molecule has 2 aromatic heterocycles. The van der Waals surface area contributed by atoms with Crippen molar-refractivity contribution in [3.05, 3.63) is 65.8 Å². The van der Waals surface area contributed by atoms with Gasteiger partial charge in [-0.3, -0.25) is 10.2 Å². The van der Waals surface area contributed by atoms with E-state index in [1.54, 1.807) is 30.5 Å². The second-order valence-corrected chi connectivity index (χ2v) is 7.28. The number of urea groups is 1. The predicted molar refractivity (Wildman–Crippen MR) is 115 cm³/mol. The number of fused-ring (bicyclic) bond motifs is 1. The molecule has 3 aromatic rings. The Labute approximate surface area is 173 Å². The van der Waals surface area contributed by atoms with Crippen molar-refractivity contribution in [1.29, 1.82) is 0 Å². The highest BCUT2D eigenvalue weighted by Gasteiger charge is 2.29. The molecule has 0 saturated heterocycles. The normalized spacial score (nSPS) is 16.2. The third kappa shape index (κ3) is 4.16. The maximum Gasteiger partial charge on any atom is 0.328 e. The van der Waals surface area contributed by atoms with Gasteiger partial charge in [0, 0.05) is 30.4 Å². The quantitative estimate of drug-likeness (QED) is 0.675. The Morgan fingerprint density at radius 3 is 2.79 bits per heavy atom. The van der Waals surface area contributed by atoms with Gasteiger partial charge >= 0.3 is 6.03 Å². The molecule has 2 N–H and O–H groups in total. The van der Waals surface area contributed by atoms with Crippen molar-refractivity contribution in [2.75, 3.05) is 35.3 Å². The standard InChI is InChI=1S/C21H20ClN5O2/c1-26-12-16(28)13-27(21(29)25-19-7-2-3-10-23-19)20-18(26)9-8-17(24-20)14-5-4-6-15(22)11-14/h2-11,16,28H,12-13H2,1H3,(H,23,25,29)/t16-/m1/s1. The number of aliphatic hydroxyl groups is 1. The lowest BCUT2D eigenvalue weighted by atomic mass is 10.1. The Bertz CT molecular complexity index is 1030. The summed E-state index contributed by atoms with van der Waals surface area (Å²) in [6.07, 6.45) is 0.878. The molecule has 0 aliphatic carbocycles. The molecule has 8 heteroatoms. The van der Waals surface area contributed by atoms with Crippen LogP contribution in [0.3, 0.4) is 0 Å². The maximum atomic E-state index is 13.0. The average Bonchev–Trinajstić information content (AvgIpc) is 2.84. The van der Waals surface area contributed by atoms with Crippen LogP contribution in [-0.4, -0.2) is 47.3 Å². The number of rotatable bonds is 2. The number of hydrogen-bond acceptors (Lipinski definition) is 5. The van der Waals surface area contributed by atoms with Crippen molar-refractivity contribution >= 4 is 35.0 Å². The zero-order chi connectivity index (χ0) is 20.4. The van der Waals surface area contributed by atoms with Gasteiger partial charge in [-0.25, -0.2) is 14.8 Å². The lowest BCUT2D eigenvalue weighted by molar-refractivity contribution is 0.187. The molecule has 1 aliphatic rings. The van der Waals surface area contributed by atoms with Gasteiger partial charge in [0.2, 0.25) is 0 Å². The van der Waals surface area contributed by atoms with E-state index in [4.69, 9.17) is 16.6 Å². The number of hydrogen-bond donors (Lipinski definition) is 2. The second-order valence-electron chi connectivity index (χ2n) is 6.84. The van der Waals surface area contributed by atoms with Gasteiger partial charge in [-0.1, -0.05) is 29.8 Å². The van der Waals surface area contributed by atoms with Crippen LogP contribution in [0.1, 0.15) is 0 Å². The molecule has 148 valence electrons. The van der Waals surface area contributed by atoms with Crippen LogP contribution >= 0.6 is 11.6 Å². The van der Waals surface area contributed by atoms with Crippen molar-refractivity contribution in [3.8, 4) is 11.3 Å². The first-order valence-electron chi connectivity index (χ1n) is 9.17. The summed E-state index contributed by atoms with van der Waals surface area (Å²) in [6, 6.07) is 16.0. The molecular weight excluding hydrogens is 390 g/mol. The monoisotopic (exact) mass is 409 g/mol. The summed E-state index contributed by atoms with van der Waals surface area (Å²) < 4.78 is 0. The molecule has 4 rings (SSSR count). The fourth-order valence-electron chi connectivity index (χ4n) is 3.31. The van der Waals surface area contributed by atoms with Crippen LogP contribution in [0.2, 0.25) is 5.02 Å². The summed E-state index contributed by atoms with van der Waals surface area (Å²) in [6.45, 7) is 0.501. The summed E-state index contributed by atoms with van der Waals surface area (Å²) >= 11 is 6.13. The van der Waals surface area contributed by atoms with E-state index in [-0.39, 0.29) is 6.54 Å². The molecule has 0 unspecified atom stereocenters. The van der Waals surface area contributed by atoms with Gasteiger partial charge in [0.15, 0.2) is 5.82 Å². The molecule has 0 fully saturated rings. The zero-order valence-corrected chi connectivity index (χ0v) is 16.5. The van der Waals surface area contributed by atoms with E-state index < -0.39 is 12.1 Å². The van der Waals surface area contributed by atoms with Crippen LogP contribution in [0.15, 0.2) is 60.8 Å². The van der Waals surface area contributed by atoms with Crippen LogP contribution in [-0.2, 0) is 0 Å². The number of pyridine rings is 2. The van der Waals surface area contributed by atoms with E-state index >= 15 is 0 Å². The van der Waals surface area contributed by atoms with Crippen molar-refractivity contribution in [3.63, 3.8) is 0 Å². The van der Waals surface area contributed by atoms with Crippen molar-refractivity contribution in [2.45, 2.75) is 6.10 Å². The molecule has 0 bridgehead atoms. The van der Waals surface area contributed by atoms with E-state index in [0.717, 1.165) is 11.3 Å². The van der Waals surface area contributed by atoms with Gasteiger partial charge in [-0.2, -0.15) is 0 Å². The molecule has 1 aliphatic heterocycles. The Morgan fingerprint density at radius 2 is 2.03 bits per heavy atom. The Kier molecular flexibility index (Phi) is 5.33. The first-order chi connectivity index (χ1) is 14.0. The SMILES string of the molecule is CN1C[C@@H](O)CN(C(=O)Nc2ccccn2)c2nc(-c3cccc(Cl)c3)ccc21. The average molecular weight is 410 g/mol. The first kappa shape index (κ1) is 19.2. The smallest absolute Gasteiger partial charge is 0.328 e. The first-order valence-corrected chi connectivity index (χ1v) is 9.55. The number of amides is 2. The van der Waals surface area contributed by atoms with Crippen LogP contribution in [0.25, 0.3) is 11.3 Å². The number of carbonyl (C=O) groups is 1. The van der Waals surface area contributed by atoms with Gasteiger partial charge < -0.3 is 10.0 Å². The number of aliphatic hydroxyl groups excluding tert-OH is 1. The molecule has 0 saturated carbocycles. The Balaban J connectivity index is 1.75. The number of β-amino-alcohol motifs (C(OH)–C–C–N with tert-alkyl or cyclic N) is 1. The van der Waals surface area contributed by atoms with Crippen LogP contribution in [0, 0.1) is 0 Å². The maximum absolute atomic E-state index is 13.0. The minimum absolute atomic E-state index is 0.113. The van der Waals surface area contributed by atoms with Gasteiger partial charge in [0.1, 0.15) is 5.82 Å². The van der Waals surface area contributed by atoms with Crippen molar-refractivity contribution < 1.29 is 9.90 Å². The van der Waals surface area contributed by atoms with Gasteiger partial charge in [0.25, 0.3) is 0 Å². The van der Waals surface area contributed by atoms with Gasteiger partial charge in [0.05, 0.1) is 24.0 Å². The van der Waals surface area contributed by atoms with Crippen LogP contribution in [0.5, 0.6) is 0 Å². The minimum Gasteiger partial charge on any atom is -0.389 e. The van der Waals surface area contributed by atoms with E-state index in [1.165, 1.54) is 4.90 Å².